The summed E-state index contributed by atoms with van der Waals surface area (Å²) in [6.07, 6.45) is 0.900. The van der Waals surface area contributed by atoms with Crippen LogP contribution in [0.5, 0.6) is 0 Å². The molecule has 0 saturated carbocycles. The summed E-state index contributed by atoms with van der Waals surface area (Å²) < 4.78 is 5.94. The van der Waals surface area contributed by atoms with E-state index in [4.69, 9.17) is 10.3 Å². The Labute approximate surface area is 162 Å². The third-order valence-corrected chi connectivity index (χ3v) is 6.15. The van der Waals surface area contributed by atoms with Crippen molar-refractivity contribution >= 4 is 45.2 Å². The highest BCUT2D eigenvalue weighted by Gasteiger charge is 2.32. The van der Waals surface area contributed by atoms with Gasteiger partial charge in [-0.25, -0.2) is 4.79 Å². The molecule has 3 rings (SSSR count). The van der Waals surface area contributed by atoms with Crippen LogP contribution in [0.4, 0.5) is 10.7 Å². The van der Waals surface area contributed by atoms with Crippen LogP contribution in [0, 0.1) is 0 Å². The Morgan fingerprint density at radius 3 is 2.92 bits per heavy atom. The minimum Gasteiger partial charge on any atom is -0.465 e. The maximum absolute atomic E-state index is 12.8. The van der Waals surface area contributed by atoms with Crippen molar-refractivity contribution in [2.24, 2.45) is 0 Å². The molecule has 140 valence electrons. The van der Waals surface area contributed by atoms with E-state index in [0.29, 0.717) is 31.5 Å². The molecule has 0 radical (unpaired) electrons. The molecule has 0 bridgehead atoms. The molecule has 1 aliphatic heterocycles. The number of halogens is 1. The summed E-state index contributed by atoms with van der Waals surface area (Å²) in [5.74, 6) is -0.385. The number of aromatic nitrogens is 1. The highest BCUT2D eigenvalue weighted by atomic mass is 79.9. The molecule has 2 unspecified atom stereocenters. The summed E-state index contributed by atoms with van der Waals surface area (Å²) in [5, 5.41) is 16.1. The monoisotopic (exact) mass is 442 g/mol. The van der Waals surface area contributed by atoms with E-state index in [9.17, 15) is 14.7 Å². The lowest BCUT2D eigenvalue weighted by molar-refractivity contribution is 0.0825. The highest BCUT2D eigenvalue weighted by Crippen LogP contribution is 2.34. The van der Waals surface area contributed by atoms with Crippen molar-refractivity contribution in [1.29, 1.82) is 0 Å². The van der Waals surface area contributed by atoms with E-state index in [1.54, 1.807) is 0 Å². The number of piperidine rings is 1. The second-order valence-corrected chi connectivity index (χ2v) is 8.57. The summed E-state index contributed by atoms with van der Waals surface area (Å²) in [7, 11) is 0. The average Bonchev–Trinajstić information content (AvgIpc) is 3.20. The zero-order valence-corrected chi connectivity index (χ0v) is 16.5. The Hall–Kier alpha value is -2.07. The van der Waals surface area contributed by atoms with Crippen molar-refractivity contribution in [1.82, 2.24) is 15.4 Å². The fourth-order valence-corrected chi connectivity index (χ4v) is 4.58. The number of nitrogen functional groups attached to an aromatic ring is 1. The smallest absolute Gasteiger partial charge is 0.407 e. The number of hydrogen-bond donors (Lipinski definition) is 3. The highest BCUT2D eigenvalue weighted by molar-refractivity contribution is 9.11. The first-order valence-electron chi connectivity index (χ1n) is 8.22. The number of amides is 2. The molecule has 0 spiro atoms. The molecule has 2 amide bonds. The molecular formula is C16H19BrN4O4S. The summed E-state index contributed by atoms with van der Waals surface area (Å²) in [4.78, 5) is 26.3. The van der Waals surface area contributed by atoms with Crippen molar-refractivity contribution in [3.63, 3.8) is 0 Å². The molecule has 3 heterocycles. The van der Waals surface area contributed by atoms with E-state index in [1.807, 2.05) is 19.1 Å². The van der Waals surface area contributed by atoms with Gasteiger partial charge in [-0.05, 0) is 47.3 Å². The number of anilines is 1. The number of nitrogens with one attached hydrogen (secondary N) is 1. The molecule has 1 aliphatic rings. The average molecular weight is 443 g/mol. The molecule has 26 heavy (non-hydrogen) atoms. The predicted molar refractivity (Wildman–Crippen MR) is 101 cm³/mol. The number of likely N-dealkylation sites (tertiary alicyclic amines) is 1. The SMILES string of the molecule is CCC1CC(NC(=O)c2c(-c3ccc(Br)s3)noc2N)CCN1C(=O)O. The largest absolute Gasteiger partial charge is 0.465 e. The summed E-state index contributed by atoms with van der Waals surface area (Å²) in [5.41, 5.74) is 6.45. The van der Waals surface area contributed by atoms with Crippen LogP contribution in [0.3, 0.4) is 0 Å². The standard InChI is InChI=1S/C16H19BrN4O4S/c1-2-9-7-8(5-6-21(9)16(23)24)19-15(22)12-13(20-25-14(12)18)10-3-4-11(17)26-10/h3-4,8-9H,2,5-7,18H2,1H3,(H,19,22)(H,23,24). The van der Waals surface area contributed by atoms with Gasteiger partial charge in [0.25, 0.3) is 5.91 Å². The Bertz CT molecular complexity index is 821. The van der Waals surface area contributed by atoms with E-state index in [0.717, 1.165) is 8.66 Å². The van der Waals surface area contributed by atoms with E-state index < -0.39 is 6.09 Å². The normalized spacial score (nSPS) is 20.2. The Kier molecular flexibility index (Phi) is 5.52. The second-order valence-electron chi connectivity index (χ2n) is 6.11. The molecule has 10 heteroatoms. The van der Waals surface area contributed by atoms with Crippen LogP contribution in [0.25, 0.3) is 10.6 Å². The summed E-state index contributed by atoms with van der Waals surface area (Å²) in [6.45, 7) is 2.33. The topological polar surface area (TPSA) is 122 Å². The van der Waals surface area contributed by atoms with Crippen LogP contribution >= 0.6 is 27.3 Å². The number of carbonyl (C=O) groups excluding carboxylic acids is 1. The summed E-state index contributed by atoms with van der Waals surface area (Å²) >= 11 is 4.81. The number of carboxylic acid groups (broad SMARTS) is 1. The molecule has 2 atom stereocenters. The lowest BCUT2D eigenvalue weighted by Gasteiger charge is -2.37. The van der Waals surface area contributed by atoms with Crippen LogP contribution in [-0.2, 0) is 0 Å². The minimum absolute atomic E-state index is 0.0305. The Morgan fingerprint density at radius 2 is 2.31 bits per heavy atom. The molecule has 8 nitrogen and oxygen atoms in total. The lowest BCUT2D eigenvalue weighted by atomic mass is 9.95. The first-order valence-corrected chi connectivity index (χ1v) is 9.83. The van der Waals surface area contributed by atoms with Gasteiger partial charge in [0.1, 0.15) is 11.3 Å². The lowest BCUT2D eigenvalue weighted by Crippen LogP contribution is -2.51. The number of nitrogens with zero attached hydrogens (tertiary/aromatic N) is 2. The Balaban J connectivity index is 1.75. The fourth-order valence-electron chi connectivity index (χ4n) is 3.21. The van der Waals surface area contributed by atoms with Gasteiger partial charge in [0.15, 0.2) is 0 Å². The molecule has 1 fully saturated rings. The Morgan fingerprint density at radius 1 is 1.54 bits per heavy atom. The van der Waals surface area contributed by atoms with Gasteiger partial charge in [-0.1, -0.05) is 12.1 Å². The van der Waals surface area contributed by atoms with Gasteiger partial charge in [0.2, 0.25) is 5.88 Å². The van der Waals surface area contributed by atoms with Crippen molar-refractivity contribution < 1.29 is 19.2 Å². The van der Waals surface area contributed by atoms with Crippen LogP contribution in [0.2, 0.25) is 0 Å². The second kappa shape index (κ2) is 7.67. The van der Waals surface area contributed by atoms with Gasteiger partial charge < -0.3 is 25.6 Å². The molecule has 0 aliphatic carbocycles. The van der Waals surface area contributed by atoms with E-state index in [-0.39, 0.29) is 29.4 Å². The van der Waals surface area contributed by atoms with Crippen molar-refractivity contribution in [2.45, 2.75) is 38.3 Å². The minimum atomic E-state index is -0.921. The van der Waals surface area contributed by atoms with E-state index >= 15 is 0 Å². The number of nitrogens with two attached hydrogens (primary N) is 1. The van der Waals surface area contributed by atoms with Gasteiger partial charge in [-0.15, -0.1) is 11.3 Å². The third kappa shape index (κ3) is 3.70. The maximum atomic E-state index is 12.8. The van der Waals surface area contributed by atoms with Crippen LogP contribution in [-0.4, -0.2) is 45.8 Å². The van der Waals surface area contributed by atoms with Crippen LogP contribution < -0.4 is 11.1 Å². The number of carbonyl (C=O) groups is 2. The number of rotatable bonds is 4. The van der Waals surface area contributed by atoms with Gasteiger partial charge >= 0.3 is 6.09 Å². The molecule has 1 saturated heterocycles. The number of hydrogen-bond acceptors (Lipinski definition) is 6. The predicted octanol–water partition coefficient (Wildman–Crippen LogP) is 3.40. The van der Waals surface area contributed by atoms with Gasteiger partial charge in [0, 0.05) is 18.6 Å². The van der Waals surface area contributed by atoms with Crippen molar-refractivity contribution in [3.8, 4) is 10.6 Å². The third-order valence-electron chi connectivity index (χ3n) is 4.52. The van der Waals surface area contributed by atoms with E-state index in [1.165, 1.54) is 16.2 Å². The zero-order valence-electron chi connectivity index (χ0n) is 14.1. The van der Waals surface area contributed by atoms with Crippen LogP contribution in [0.1, 0.15) is 36.5 Å². The van der Waals surface area contributed by atoms with Crippen molar-refractivity contribution in [2.75, 3.05) is 12.3 Å². The number of thiophene rings is 1. The molecule has 4 N–H and O–H groups in total. The zero-order chi connectivity index (χ0) is 18.8. The first-order chi connectivity index (χ1) is 12.4. The molecule has 0 aromatic carbocycles. The first kappa shape index (κ1) is 18.7. The summed E-state index contributed by atoms with van der Waals surface area (Å²) in [6, 6.07) is 3.46. The van der Waals surface area contributed by atoms with E-state index in [2.05, 4.69) is 26.4 Å². The van der Waals surface area contributed by atoms with Gasteiger partial charge in [-0.2, -0.15) is 0 Å². The molecule has 2 aromatic rings. The quantitative estimate of drug-likeness (QED) is 0.666. The molecular weight excluding hydrogens is 424 g/mol. The fraction of sp³-hybridized carbons (Fsp3) is 0.438. The van der Waals surface area contributed by atoms with Gasteiger partial charge in [0.05, 0.1) is 8.66 Å². The maximum Gasteiger partial charge on any atom is 0.407 e. The molecule has 2 aromatic heterocycles. The van der Waals surface area contributed by atoms with Crippen molar-refractivity contribution in [3.05, 3.63) is 21.5 Å². The van der Waals surface area contributed by atoms with Gasteiger partial charge in [-0.3, -0.25) is 4.79 Å². The van der Waals surface area contributed by atoms with Crippen LogP contribution in [0.15, 0.2) is 20.4 Å².